The van der Waals surface area contributed by atoms with Crippen molar-refractivity contribution in [1.29, 1.82) is 0 Å². The molecule has 0 aliphatic heterocycles. The number of amides is 1. The second-order valence-electron chi connectivity index (χ2n) is 9.72. The molecule has 6 rings (SSSR count). The molecule has 0 saturated heterocycles. The van der Waals surface area contributed by atoms with Gasteiger partial charge in [-0.15, -0.1) is 13.2 Å². The number of rotatable bonds is 7. The maximum Gasteiger partial charge on any atom is 0.522 e. The summed E-state index contributed by atoms with van der Waals surface area (Å²) in [5, 5.41) is 2.92. The van der Waals surface area contributed by atoms with Gasteiger partial charge in [-0.3, -0.25) is 9.53 Å². The number of alkyl halides is 6. The number of carbonyl (C=O) groups excluding carboxylic acids is 1. The third kappa shape index (κ3) is 4.95. The Morgan fingerprint density at radius 3 is 2.47 bits per heavy atom. The number of aromatic nitrogens is 2. The molecule has 1 unspecified atom stereocenters. The molecular weight excluding hydrogens is 499 g/mol. The smallest absolute Gasteiger partial charge is 0.368 e. The highest BCUT2D eigenvalue weighted by atomic mass is 19.4. The second kappa shape index (κ2) is 8.72. The Morgan fingerprint density at radius 1 is 1.11 bits per heavy atom. The molecule has 13 heteroatoms. The van der Waals surface area contributed by atoms with Crippen LogP contribution in [0.3, 0.4) is 0 Å². The first-order chi connectivity index (χ1) is 16.8. The standard InChI is InChI=1S/C23H22F7N3O3/c24-17-3-12(1-2-16(17)22(25,26)27)19-9-33(11-31-19)21-6-13(7-21)18(8-21)32-20(34)10-35-14-4-15(5-14)36-23(28,29)30/h1-3,9,11,13-15,18H,4-8,10H2,(H,32,34)/t13?,14-,15+,18?,21?. The number of halogens is 7. The van der Waals surface area contributed by atoms with Crippen LogP contribution in [0.25, 0.3) is 11.3 Å². The molecule has 2 aromatic rings. The van der Waals surface area contributed by atoms with Crippen molar-refractivity contribution < 1.29 is 45.0 Å². The molecular formula is C23H22F7N3O3. The third-order valence-electron chi connectivity index (χ3n) is 7.30. The van der Waals surface area contributed by atoms with Crippen LogP contribution in [0.15, 0.2) is 30.7 Å². The second-order valence-corrected chi connectivity index (χ2v) is 9.72. The van der Waals surface area contributed by atoms with Gasteiger partial charge in [0.1, 0.15) is 12.4 Å². The fraction of sp³-hybridized carbons (Fsp3) is 0.565. The number of benzene rings is 1. The van der Waals surface area contributed by atoms with Crippen LogP contribution in [0.1, 0.15) is 37.7 Å². The van der Waals surface area contributed by atoms with Crippen molar-refractivity contribution in [3.63, 3.8) is 0 Å². The first-order valence-electron chi connectivity index (χ1n) is 11.4. The van der Waals surface area contributed by atoms with Crippen molar-refractivity contribution >= 4 is 5.91 Å². The molecule has 1 N–H and O–H groups in total. The Balaban J connectivity index is 1.13. The average Bonchev–Trinajstić information content (AvgIpc) is 3.40. The number of carbonyl (C=O) groups is 1. The number of nitrogens with one attached hydrogen (secondary N) is 1. The van der Waals surface area contributed by atoms with Crippen LogP contribution in [0.4, 0.5) is 30.7 Å². The molecule has 1 heterocycles. The van der Waals surface area contributed by atoms with Crippen LogP contribution >= 0.6 is 0 Å². The number of ether oxygens (including phenoxy) is 2. The Labute approximate surface area is 200 Å². The summed E-state index contributed by atoms with van der Waals surface area (Å²) in [5.74, 6) is -1.49. The van der Waals surface area contributed by atoms with Crippen LogP contribution < -0.4 is 5.32 Å². The molecule has 2 bridgehead atoms. The van der Waals surface area contributed by atoms with Gasteiger partial charge in [-0.2, -0.15) is 13.2 Å². The summed E-state index contributed by atoms with van der Waals surface area (Å²) in [7, 11) is 0. The van der Waals surface area contributed by atoms with Crippen LogP contribution in [0, 0.1) is 11.7 Å². The first kappa shape index (κ1) is 25.0. The number of hydrogen-bond acceptors (Lipinski definition) is 4. The third-order valence-corrected chi connectivity index (χ3v) is 7.30. The van der Waals surface area contributed by atoms with E-state index in [9.17, 15) is 35.5 Å². The summed E-state index contributed by atoms with van der Waals surface area (Å²) < 4.78 is 100. The van der Waals surface area contributed by atoms with Crippen LogP contribution in [-0.4, -0.2) is 46.7 Å². The van der Waals surface area contributed by atoms with Gasteiger partial charge in [0.05, 0.1) is 29.8 Å². The first-order valence-corrected chi connectivity index (χ1v) is 11.4. The number of nitrogens with zero attached hydrogens (tertiary/aromatic N) is 2. The minimum absolute atomic E-state index is 0.0771. The summed E-state index contributed by atoms with van der Waals surface area (Å²) in [6.45, 7) is -0.256. The maximum atomic E-state index is 14.0. The van der Waals surface area contributed by atoms with Crippen molar-refractivity contribution in [2.75, 3.05) is 6.61 Å². The molecule has 1 amide bonds. The molecule has 1 aromatic carbocycles. The summed E-state index contributed by atoms with van der Waals surface area (Å²) in [6, 6.07) is 2.57. The highest BCUT2D eigenvalue weighted by molar-refractivity contribution is 5.77. The molecule has 4 saturated carbocycles. The summed E-state index contributed by atoms with van der Waals surface area (Å²) in [5.41, 5.74) is -1.06. The van der Waals surface area contributed by atoms with E-state index >= 15 is 0 Å². The maximum absolute atomic E-state index is 14.0. The zero-order valence-electron chi connectivity index (χ0n) is 18.7. The predicted molar refractivity (Wildman–Crippen MR) is 110 cm³/mol. The van der Waals surface area contributed by atoms with E-state index in [1.807, 2.05) is 4.57 Å². The van der Waals surface area contributed by atoms with Gasteiger partial charge in [-0.25, -0.2) is 9.37 Å². The van der Waals surface area contributed by atoms with Crippen LogP contribution in [0.5, 0.6) is 0 Å². The molecule has 36 heavy (non-hydrogen) atoms. The normalized spacial score (nSPS) is 29.5. The Kier molecular flexibility index (Phi) is 6.05. The van der Waals surface area contributed by atoms with E-state index in [1.54, 1.807) is 12.5 Å². The highest BCUT2D eigenvalue weighted by Gasteiger charge is 2.57. The van der Waals surface area contributed by atoms with Gasteiger partial charge >= 0.3 is 12.5 Å². The molecule has 1 aromatic heterocycles. The summed E-state index contributed by atoms with van der Waals surface area (Å²) in [6.07, 6.45) is -5.32. The summed E-state index contributed by atoms with van der Waals surface area (Å²) >= 11 is 0. The fourth-order valence-corrected chi connectivity index (χ4v) is 5.44. The van der Waals surface area contributed by atoms with Crippen molar-refractivity contribution in [1.82, 2.24) is 14.9 Å². The molecule has 0 spiro atoms. The monoisotopic (exact) mass is 521 g/mol. The van der Waals surface area contributed by atoms with Crippen LogP contribution in [0.2, 0.25) is 0 Å². The lowest BCUT2D eigenvalue weighted by molar-refractivity contribution is -0.357. The van der Waals surface area contributed by atoms with Crippen molar-refractivity contribution in [3.8, 4) is 11.3 Å². The topological polar surface area (TPSA) is 65.4 Å². The number of fused-ring (bicyclic) bond motifs is 1. The molecule has 6 nitrogen and oxygen atoms in total. The molecule has 4 aliphatic carbocycles. The lowest BCUT2D eigenvalue weighted by Gasteiger charge is -2.39. The predicted octanol–water partition coefficient (Wildman–Crippen LogP) is 4.79. The van der Waals surface area contributed by atoms with E-state index in [0.29, 0.717) is 18.2 Å². The van der Waals surface area contributed by atoms with E-state index < -0.39 is 36.1 Å². The van der Waals surface area contributed by atoms with E-state index in [-0.39, 0.29) is 48.4 Å². The fourth-order valence-electron chi connectivity index (χ4n) is 5.44. The van der Waals surface area contributed by atoms with Crippen molar-refractivity contribution in [3.05, 3.63) is 42.1 Å². The number of hydrogen-bond donors (Lipinski definition) is 1. The molecule has 0 radical (unpaired) electrons. The quantitative estimate of drug-likeness (QED) is 0.533. The van der Waals surface area contributed by atoms with E-state index in [1.165, 1.54) is 6.07 Å². The highest BCUT2D eigenvalue weighted by Crippen LogP contribution is 2.57. The minimum atomic E-state index is -4.78. The van der Waals surface area contributed by atoms with Gasteiger partial charge in [-0.1, -0.05) is 6.07 Å². The van der Waals surface area contributed by atoms with Gasteiger partial charge < -0.3 is 14.6 Å². The lowest BCUT2D eigenvalue weighted by Crippen LogP contribution is -2.44. The summed E-state index contributed by atoms with van der Waals surface area (Å²) in [4.78, 5) is 16.5. The van der Waals surface area contributed by atoms with Gasteiger partial charge in [-0.05, 0) is 37.3 Å². The molecule has 4 aliphatic rings. The zero-order chi connectivity index (χ0) is 25.9. The van der Waals surface area contributed by atoms with Gasteiger partial charge in [0.2, 0.25) is 5.91 Å². The van der Waals surface area contributed by atoms with Crippen molar-refractivity contribution in [2.24, 2.45) is 5.92 Å². The van der Waals surface area contributed by atoms with E-state index in [0.717, 1.165) is 18.9 Å². The molecule has 4 fully saturated rings. The van der Waals surface area contributed by atoms with E-state index in [4.69, 9.17) is 4.74 Å². The van der Waals surface area contributed by atoms with Crippen LogP contribution in [-0.2, 0) is 26.0 Å². The average molecular weight is 521 g/mol. The van der Waals surface area contributed by atoms with Gasteiger partial charge in [0, 0.05) is 36.2 Å². The van der Waals surface area contributed by atoms with Gasteiger partial charge in [0.15, 0.2) is 0 Å². The largest absolute Gasteiger partial charge is 0.522 e. The molecule has 196 valence electrons. The Morgan fingerprint density at radius 2 is 1.83 bits per heavy atom. The minimum Gasteiger partial charge on any atom is -0.368 e. The van der Waals surface area contributed by atoms with Gasteiger partial charge in [0.25, 0.3) is 0 Å². The lowest BCUT2D eigenvalue weighted by atomic mass is 9.76. The number of imidazole rings is 1. The molecule has 1 atom stereocenters. The zero-order valence-corrected chi connectivity index (χ0v) is 18.7. The Hall–Kier alpha value is -2.67. The van der Waals surface area contributed by atoms with Crippen molar-refractivity contribution in [2.45, 2.75) is 68.4 Å². The van der Waals surface area contributed by atoms with E-state index in [2.05, 4.69) is 15.0 Å². The SMILES string of the molecule is O=C(CO[C@H]1C[C@@H](OC(F)(F)F)C1)NC1CC2(n3cnc(-c4ccc(C(F)(F)F)c(F)c4)c3)CC1C2. The Bertz CT molecular complexity index is 1130.